The van der Waals surface area contributed by atoms with E-state index in [9.17, 15) is 9.59 Å². The first-order chi connectivity index (χ1) is 18.5. The zero-order chi connectivity index (χ0) is 28.6. The smallest absolute Gasteiger partial charge is 0.261 e. The summed E-state index contributed by atoms with van der Waals surface area (Å²) >= 11 is 12.6. The van der Waals surface area contributed by atoms with Crippen LogP contribution in [-0.2, 0) is 28.0 Å². The van der Waals surface area contributed by atoms with Gasteiger partial charge in [0, 0.05) is 29.1 Å². The molecule has 0 radical (unpaired) electrons. The number of carbonyl (C=O) groups excluding carboxylic acids is 2. The van der Waals surface area contributed by atoms with E-state index in [1.165, 1.54) is 0 Å². The third-order valence-corrected chi connectivity index (χ3v) is 7.26. The SMILES string of the molecule is CC[C@@H](C)NC(=O)[C@H](Cc1ccccc1)N(Cc1ccc(Cl)cc1Cl)C(=O)COc1ccccc1C(C)(C)C. The highest BCUT2D eigenvalue weighted by Gasteiger charge is 2.32. The van der Waals surface area contributed by atoms with Crippen LogP contribution in [0.1, 0.15) is 57.7 Å². The summed E-state index contributed by atoms with van der Waals surface area (Å²) in [5.41, 5.74) is 2.47. The van der Waals surface area contributed by atoms with Gasteiger partial charge in [-0.05, 0) is 53.6 Å². The highest BCUT2D eigenvalue weighted by molar-refractivity contribution is 6.35. The lowest BCUT2D eigenvalue weighted by Crippen LogP contribution is -2.53. The fraction of sp³-hybridized carbons (Fsp3) is 0.375. The third-order valence-electron chi connectivity index (χ3n) is 6.67. The monoisotopic (exact) mass is 568 g/mol. The summed E-state index contributed by atoms with van der Waals surface area (Å²) in [5, 5.41) is 4.00. The van der Waals surface area contributed by atoms with Crippen molar-refractivity contribution < 1.29 is 14.3 Å². The Morgan fingerprint density at radius 1 is 0.974 bits per heavy atom. The highest BCUT2D eigenvalue weighted by atomic mass is 35.5. The molecule has 7 heteroatoms. The van der Waals surface area contributed by atoms with E-state index in [0.717, 1.165) is 17.5 Å². The number of halogens is 2. The fourth-order valence-electron chi connectivity index (χ4n) is 4.26. The van der Waals surface area contributed by atoms with Crippen LogP contribution >= 0.6 is 23.2 Å². The van der Waals surface area contributed by atoms with Crippen LogP contribution in [0.15, 0.2) is 72.8 Å². The number of hydrogen-bond donors (Lipinski definition) is 1. The molecule has 39 heavy (non-hydrogen) atoms. The molecular formula is C32H38Cl2N2O3. The van der Waals surface area contributed by atoms with Gasteiger partial charge in [-0.2, -0.15) is 0 Å². The molecular weight excluding hydrogens is 531 g/mol. The number of nitrogens with zero attached hydrogens (tertiary/aromatic N) is 1. The number of ether oxygens (including phenoxy) is 1. The van der Waals surface area contributed by atoms with Gasteiger partial charge in [0.25, 0.3) is 5.91 Å². The van der Waals surface area contributed by atoms with Crippen molar-refractivity contribution in [1.82, 2.24) is 10.2 Å². The van der Waals surface area contributed by atoms with Crippen LogP contribution in [0.2, 0.25) is 10.0 Å². The van der Waals surface area contributed by atoms with Crippen molar-refractivity contribution in [3.05, 3.63) is 99.5 Å². The zero-order valence-corrected chi connectivity index (χ0v) is 24.9. The molecule has 0 heterocycles. The van der Waals surface area contributed by atoms with Crippen LogP contribution < -0.4 is 10.1 Å². The Bertz CT molecular complexity index is 1260. The molecule has 0 unspecified atom stereocenters. The molecule has 0 fully saturated rings. The van der Waals surface area contributed by atoms with Crippen molar-refractivity contribution >= 4 is 35.0 Å². The first-order valence-electron chi connectivity index (χ1n) is 13.3. The summed E-state index contributed by atoms with van der Waals surface area (Å²) in [6.45, 7) is 10.2. The highest BCUT2D eigenvalue weighted by Crippen LogP contribution is 2.31. The molecule has 1 N–H and O–H groups in total. The maximum atomic E-state index is 13.9. The molecule has 0 aromatic heterocycles. The average Bonchev–Trinajstić information content (AvgIpc) is 2.90. The molecule has 3 aromatic rings. The van der Waals surface area contributed by atoms with Gasteiger partial charge in [0.2, 0.25) is 5.91 Å². The van der Waals surface area contributed by atoms with Crippen LogP contribution in [0, 0.1) is 0 Å². The lowest BCUT2D eigenvalue weighted by atomic mass is 9.86. The van der Waals surface area contributed by atoms with Gasteiger partial charge in [0.05, 0.1) is 0 Å². The molecule has 2 amide bonds. The molecule has 3 rings (SSSR count). The summed E-state index contributed by atoms with van der Waals surface area (Å²) in [6.07, 6.45) is 1.12. The number of nitrogens with one attached hydrogen (secondary N) is 1. The van der Waals surface area contributed by atoms with E-state index in [4.69, 9.17) is 27.9 Å². The summed E-state index contributed by atoms with van der Waals surface area (Å²) in [7, 11) is 0. The first kappa shape index (κ1) is 30.5. The maximum Gasteiger partial charge on any atom is 0.261 e. The molecule has 5 nitrogen and oxygen atoms in total. The van der Waals surface area contributed by atoms with Crippen LogP contribution in [0.4, 0.5) is 0 Å². The Morgan fingerprint density at radius 2 is 1.64 bits per heavy atom. The van der Waals surface area contributed by atoms with Gasteiger partial charge in [-0.15, -0.1) is 0 Å². The van der Waals surface area contributed by atoms with Gasteiger partial charge in [-0.3, -0.25) is 9.59 Å². The molecule has 0 spiro atoms. The quantitative estimate of drug-likeness (QED) is 0.265. The Labute approximate surface area is 242 Å². The Hall–Kier alpha value is -3.02. The molecule has 0 aliphatic rings. The molecule has 2 atom stereocenters. The van der Waals surface area contributed by atoms with E-state index in [1.807, 2.05) is 68.4 Å². The van der Waals surface area contributed by atoms with Crippen molar-refractivity contribution in [3.8, 4) is 5.75 Å². The zero-order valence-electron chi connectivity index (χ0n) is 23.3. The van der Waals surface area contributed by atoms with Crippen molar-refractivity contribution in [1.29, 1.82) is 0 Å². The Morgan fingerprint density at radius 3 is 2.28 bits per heavy atom. The number of rotatable bonds is 11. The number of benzene rings is 3. The van der Waals surface area contributed by atoms with E-state index < -0.39 is 6.04 Å². The minimum Gasteiger partial charge on any atom is -0.483 e. The van der Waals surface area contributed by atoms with Crippen LogP contribution in [0.25, 0.3) is 0 Å². The predicted molar refractivity (Wildman–Crippen MR) is 159 cm³/mol. The second-order valence-corrected chi connectivity index (χ2v) is 11.7. The van der Waals surface area contributed by atoms with Gasteiger partial charge in [-0.25, -0.2) is 0 Å². The normalized spacial score (nSPS) is 12.9. The number of carbonyl (C=O) groups is 2. The minimum atomic E-state index is -0.776. The van der Waals surface area contributed by atoms with E-state index in [1.54, 1.807) is 23.1 Å². The molecule has 3 aromatic carbocycles. The van der Waals surface area contributed by atoms with E-state index in [0.29, 0.717) is 27.8 Å². The predicted octanol–water partition coefficient (Wildman–Crippen LogP) is 7.22. The largest absolute Gasteiger partial charge is 0.483 e. The summed E-state index contributed by atoms with van der Waals surface area (Å²) in [4.78, 5) is 29.1. The molecule has 0 saturated carbocycles. The maximum absolute atomic E-state index is 13.9. The van der Waals surface area contributed by atoms with Crippen molar-refractivity contribution in [2.45, 2.75) is 71.5 Å². The number of amides is 2. The van der Waals surface area contributed by atoms with Gasteiger partial charge in [0.1, 0.15) is 11.8 Å². The van der Waals surface area contributed by atoms with Crippen molar-refractivity contribution in [2.24, 2.45) is 0 Å². The second kappa shape index (κ2) is 13.9. The average molecular weight is 570 g/mol. The molecule has 0 saturated heterocycles. The lowest BCUT2D eigenvalue weighted by Gasteiger charge is -2.32. The van der Waals surface area contributed by atoms with Gasteiger partial charge >= 0.3 is 0 Å². The Balaban J connectivity index is 1.98. The van der Waals surface area contributed by atoms with Crippen LogP contribution in [0.5, 0.6) is 5.75 Å². The Kier molecular flexibility index (Phi) is 10.8. The van der Waals surface area contributed by atoms with Crippen molar-refractivity contribution in [3.63, 3.8) is 0 Å². The van der Waals surface area contributed by atoms with E-state index in [2.05, 4.69) is 26.1 Å². The first-order valence-corrected chi connectivity index (χ1v) is 14.0. The fourth-order valence-corrected chi connectivity index (χ4v) is 4.73. The molecule has 0 aliphatic heterocycles. The van der Waals surface area contributed by atoms with Gasteiger partial charge in [0.15, 0.2) is 6.61 Å². The van der Waals surface area contributed by atoms with Gasteiger partial charge < -0.3 is 15.0 Å². The van der Waals surface area contributed by atoms with E-state index in [-0.39, 0.29) is 36.4 Å². The topological polar surface area (TPSA) is 58.6 Å². The van der Waals surface area contributed by atoms with Crippen LogP contribution in [0.3, 0.4) is 0 Å². The molecule has 0 aliphatic carbocycles. The second-order valence-electron chi connectivity index (χ2n) is 10.8. The number of para-hydroxylation sites is 1. The third kappa shape index (κ3) is 8.74. The standard InChI is InChI=1S/C32H38Cl2N2O3/c1-6-22(2)35-31(38)28(18-23-12-8-7-9-13-23)36(20-24-16-17-25(33)19-27(24)34)30(37)21-39-29-15-11-10-14-26(29)32(3,4)5/h7-17,19,22,28H,6,18,20-21H2,1-5H3,(H,35,38)/t22-,28+/m1/s1. The van der Waals surface area contributed by atoms with Crippen LogP contribution in [-0.4, -0.2) is 35.4 Å². The lowest BCUT2D eigenvalue weighted by molar-refractivity contribution is -0.143. The summed E-state index contributed by atoms with van der Waals surface area (Å²) < 4.78 is 6.10. The van der Waals surface area contributed by atoms with E-state index >= 15 is 0 Å². The van der Waals surface area contributed by atoms with Crippen molar-refractivity contribution in [2.75, 3.05) is 6.61 Å². The summed E-state index contributed by atoms with van der Waals surface area (Å²) in [6, 6.07) is 21.7. The summed E-state index contributed by atoms with van der Waals surface area (Å²) in [5.74, 6) is 0.109. The van der Waals surface area contributed by atoms with Gasteiger partial charge in [-0.1, -0.05) is 105 Å². The number of hydrogen-bond acceptors (Lipinski definition) is 3. The molecule has 0 bridgehead atoms. The minimum absolute atomic E-state index is 0.0400. The molecule has 208 valence electrons.